The highest BCUT2D eigenvalue weighted by Gasteiger charge is 2.65. The zero-order valence-electron chi connectivity index (χ0n) is 15.8. The molecular weight excluding hydrogens is 454 g/mol. The van der Waals surface area contributed by atoms with E-state index in [0.717, 1.165) is 7.11 Å². The highest BCUT2D eigenvalue weighted by molar-refractivity contribution is 8.45. The van der Waals surface area contributed by atoms with E-state index in [9.17, 15) is 38.8 Å². The molecule has 0 saturated carbocycles. The average Bonchev–Trinajstić information content (AvgIpc) is 2.96. The van der Waals surface area contributed by atoms with Crippen molar-refractivity contribution in [2.24, 2.45) is 0 Å². The maximum atomic E-state index is 13.9. The van der Waals surface area contributed by atoms with Gasteiger partial charge in [-0.15, -0.1) is 0 Å². The van der Waals surface area contributed by atoms with E-state index in [0.29, 0.717) is 0 Å². The second kappa shape index (κ2) is 6.93. The van der Waals surface area contributed by atoms with Crippen molar-refractivity contribution in [1.82, 2.24) is 5.32 Å². The Hall–Kier alpha value is -2.64. The lowest BCUT2D eigenvalue weighted by Gasteiger charge is -2.41. The largest absolute Gasteiger partial charge is 0.494 e. The van der Waals surface area contributed by atoms with E-state index in [-0.39, 0.29) is 29.7 Å². The van der Waals surface area contributed by atoms with Gasteiger partial charge in [-0.2, -0.15) is 0 Å². The van der Waals surface area contributed by atoms with Crippen molar-refractivity contribution in [3.05, 3.63) is 52.8 Å². The van der Waals surface area contributed by atoms with E-state index in [2.05, 4.69) is 5.32 Å². The minimum absolute atomic E-state index is 0.00137. The number of fused-ring (bicyclic) bond motifs is 1. The molecule has 0 aromatic heterocycles. The lowest BCUT2D eigenvalue weighted by molar-refractivity contribution is 0.145. The number of hydrogen-bond donors (Lipinski definition) is 4. The number of carbonyl (C=O) groups is 1. The van der Waals surface area contributed by atoms with Crippen LogP contribution in [0.1, 0.15) is 22.8 Å². The molecule has 0 bridgehead atoms. The van der Waals surface area contributed by atoms with Gasteiger partial charge in [0.15, 0.2) is 0 Å². The van der Waals surface area contributed by atoms with Gasteiger partial charge in [-0.1, -0.05) is 31.6 Å². The molecule has 31 heavy (non-hydrogen) atoms. The number of urea groups is 1. The normalized spacial score (nSPS) is 20.4. The van der Waals surface area contributed by atoms with Gasteiger partial charge in [-0.3, -0.25) is 0 Å². The summed E-state index contributed by atoms with van der Waals surface area (Å²) in [5.41, 5.74) is -0.985. The van der Waals surface area contributed by atoms with Gasteiger partial charge in [0.25, 0.3) is 0 Å². The van der Waals surface area contributed by atoms with Crippen LogP contribution in [0.25, 0.3) is 0 Å². The van der Waals surface area contributed by atoms with Gasteiger partial charge in [-0.25, -0.2) is 9.18 Å². The Labute approximate surface area is 172 Å². The van der Waals surface area contributed by atoms with Crippen molar-refractivity contribution < 1.29 is 43.6 Å². The van der Waals surface area contributed by atoms with Crippen molar-refractivity contribution in [3.63, 3.8) is 0 Å². The molecule has 2 aromatic rings. The van der Waals surface area contributed by atoms with Crippen LogP contribution in [0.15, 0.2) is 35.2 Å². The Morgan fingerprint density at radius 1 is 1.23 bits per heavy atom. The molecule has 0 fully saturated rings. The van der Waals surface area contributed by atoms with Gasteiger partial charge >= 0.3 is 16.3 Å². The van der Waals surface area contributed by atoms with Crippen LogP contribution in [0.3, 0.4) is 0 Å². The van der Waals surface area contributed by atoms with Crippen molar-refractivity contribution >= 4 is 21.9 Å². The molecule has 0 saturated heterocycles. The summed E-state index contributed by atoms with van der Waals surface area (Å²) in [5, 5.41) is 23.8. The fourth-order valence-corrected chi connectivity index (χ4v) is 4.11. The number of amides is 2. The monoisotopic (exact) mass is 472 g/mol. The topological polar surface area (TPSA) is 90.8 Å². The van der Waals surface area contributed by atoms with E-state index in [4.69, 9.17) is 4.74 Å². The van der Waals surface area contributed by atoms with Gasteiger partial charge in [0, 0.05) is 5.56 Å². The molecule has 0 radical (unpaired) electrons. The number of ether oxygens (including phenoxy) is 1. The third-order valence-electron chi connectivity index (χ3n) is 4.80. The number of nitrogens with one attached hydrogen (secondary N) is 2. The standard InChI is InChI=1S/C18H18F6N2O4S/c1-30-17-9(8-27)5-10(31(20,21,22,23)24)6-15(17)26-18(29)25-14-7-12-11(16(14)28)3-2-4-13(12)19/h2-6,14,16,27-28H,7-8H2,1H3,(H2,25,26,29). The number of hydrogen-bond acceptors (Lipinski definition) is 4. The number of halogens is 6. The third-order valence-corrected chi connectivity index (χ3v) is 5.93. The summed E-state index contributed by atoms with van der Waals surface area (Å²) in [6.07, 6.45) is -1.39. The van der Waals surface area contributed by atoms with E-state index < -0.39 is 62.7 Å². The van der Waals surface area contributed by atoms with Crippen LogP contribution in [0.5, 0.6) is 5.75 Å². The molecule has 2 aromatic carbocycles. The summed E-state index contributed by atoms with van der Waals surface area (Å²) in [7, 11) is -9.13. The lowest BCUT2D eigenvalue weighted by atomic mass is 10.1. The lowest BCUT2D eigenvalue weighted by Crippen LogP contribution is -2.40. The number of aliphatic hydroxyl groups is 2. The Bertz CT molecular complexity index is 1050. The molecule has 172 valence electrons. The molecular formula is C18H18F6N2O4S. The fourth-order valence-electron chi connectivity index (χ4n) is 3.41. The van der Waals surface area contributed by atoms with Crippen LogP contribution in [-0.4, -0.2) is 29.4 Å². The highest BCUT2D eigenvalue weighted by Crippen LogP contribution is 3.02. The molecule has 13 heteroatoms. The van der Waals surface area contributed by atoms with Gasteiger partial charge in [0.1, 0.15) is 16.5 Å². The van der Waals surface area contributed by atoms with Gasteiger partial charge in [0.05, 0.1) is 31.5 Å². The minimum Gasteiger partial charge on any atom is -0.494 e. The number of carbonyl (C=O) groups excluding carboxylic acids is 1. The molecule has 3 rings (SSSR count). The Kier molecular flexibility index (Phi) is 5.15. The number of rotatable bonds is 5. The Balaban J connectivity index is 1.89. The smallest absolute Gasteiger partial charge is 0.319 e. The maximum Gasteiger partial charge on any atom is 0.319 e. The second-order valence-electron chi connectivity index (χ2n) is 6.95. The van der Waals surface area contributed by atoms with E-state index in [1.807, 2.05) is 5.32 Å². The van der Waals surface area contributed by atoms with Crippen molar-refractivity contribution in [2.45, 2.75) is 30.1 Å². The minimum atomic E-state index is -10.1. The van der Waals surface area contributed by atoms with Gasteiger partial charge in [0.2, 0.25) is 0 Å². The van der Waals surface area contributed by atoms with Crippen molar-refractivity contribution in [2.75, 3.05) is 12.4 Å². The fraction of sp³-hybridized carbons (Fsp3) is 0.278. The molecule has 2 unspecified atom stereocenters. The number of benzene rings is 2. The van der Waals surface area contributed by atoms with E-state index >= 15 is 0 Å². The molecule has 1 aliphatic carbocycles. The Morgan fingerprint density at radius 2 is 1.90 bits per heavy atom. The third kappa shape index (κ3) is 4.67. The predicted octanol–water partition coefficient (Wildman–Crippen LogP) is 4.76. The quantitative estimate of drug-likeness (QED) is 0.472. The van der Waals surface area contributed by atoms with Crippen LogP contribution in [0.2, 0.25) is 0 Å². The van der Waals surface area contributed by atoms with Crippen LogP contribution < -0.4 is 15.4 Å². The molecule has 0 heterocycles. The number of methoxy groups -OCH3 is 1. The van der Waals surface area contributed by atoms with Crippen molar-refractivity contribution in [3.8, 4) is 5.75 Å². The van der Waals surface area contributed by atoms with Crippen LogP contribution in [0, 0.1) is 5.82 Å². The first-order valence-corrected chi connectivity index (χ1v) is 10.7. The first-order chi connectivity index (χ1) is 14.1. The first kappa shape index (κ1) is 23.0. The molecule has 0 aliphatic heterocycles. The molecule has 2 atom stereocenters. The van der Waals surface area contributed by atoms with Gasteiger partial charge in [-0.05, 0) is 35.7 Å². The summed E-state index contributed by atoms with van der Waals surface area (Å²) in [6.45, 7) is -1.07. The maximum absolute atomic E-state index is 13.9. The summed E-state index contributed by atoms with van der Waals surface area (Å²) >= 11 is 0. The van der Waals surface area contributed by atoms with E-state index in [1.165, 1.54) is 18.2 Å². The zero-order chi connectivity index (χ0) is 23.3. The summed E-state index contributed by atoms with van der Waals surface area (Å²) in [5.74, 6) is -1.05. The average molecular weight is 472 g/mol. The van der Waals surface area contributed by atoms with E-state index in [1.54, 1.807) is 0 Å². The first-order valence-electron chi connectivity index (χ1n) is 8.73. The van der Waals surface area contributed by atoms with Crippen LogP contribution in [-0.2, 0) is 13.0 Å². The predicted molar refractivity (Wildman–Crippen MR) is 101 cm³/mol. The SMILES string of the molecule is COc1c(CO)cc(S(F)(F)(F)(F)F)cc1NC(=O)NC1Cc2c(F)cccc2C1O. The van der Waals surface area contributed by atoms with Crippen LogP contribution >= 0.6 is 10.2 Å². The van der Waals surface area contributed by atoms with Gasteiger partial charge < -0.3 is 25.6 Å². The zero-order valence-corrected chi connectivity index (χ0v) is 16.7. The molecule has 6 nitrogen and oxygen atoms in total. The van der Waals surface area contributed by atoms with Crippen molar-refractivity contribution in [1.29, 1.82) is 0 Å². The molecule has 4 N–H and O–H groups in total. The summed E-state index contributed by atoms with van der Waals surface area (Å²) in [4.78, 5) is 10.0. The molecule has 1 aliphatic rings. The molecule has 2 amide bonds. The Morgan fingerprint density at radius 3 is 2.45 bits per heavy atom. The number of anilines is 1. The highest BCUT2D eigenvalue weighted by atomic mass is 32.5. The number of aliphatic hydroxyl groups excluding tert-OH is 2. The summed E-state index contributed by atoms with van der Waals surface area (Å²) < 4.78 is 85.1. The summed E-state index contributed by atoms with van der Waals surface area (Å²) in [6, 6.07) is 1.86. The second-order valence-corrected chi connectivity index (χ2v) is 9.36. The van der Waals surface area contributed by atoms with Crippen LogP contribution in [0.4, 0.5) is 34.3 Å². The molecule has 0 spiro atoms.